The lowest BCUT2D eigenvalue weighted by atomic mass is 9.74. The van der Waals surface area contributed by atoms with Crippen molar-refractivity contribution in [3.05, 3.63) is 0 Å². The Hall–Kier alpha value is -0.0800. The molecule has 0 spiro atoms. The van der Waals surface area contributed by atoms with Crippen LogP contribution < -0.4 is 5.32 Å². The van der Waals surface area contributed by atoms with Crippen LogP contribution in [0.4, 0.5) is 0 Å². The standard InChI is InChI=1S/C17H34N2/c1-14-7-9-16(10-8-14)19(4)13-17(2,3)15-6-5-11-18-12-15/h14-16,18H,5-13H2,1-4H3. The molecule has 0 amide bonds. The summed E-state index contributed by atoms with van der Waals surface area (Å²) in [7, 11) is 2.36. The van der Waals surface area contributed by atoms with Gasteiger partial charge < -0.3 is 10.2 Å². The van der Waals surface area contributed by atoms with Crippen molar-refractivity contribution in [1.82, 2.24) is 10.2 Å². The topological polar surface area (TPSA) is 15.3 Å². The maximum absolute atomic E-state index is 3.58. The molecule has 1 aliphatic heterocycles. The zero-order valence-corrected chi connectivity index (χ0v) is 13.5. The highest BCUT2D eigenvalue weighted by Gasteiger charge is 2.33. The van der Waals surface area contributed by atoms with Gasteiger partial charge in [-0.05, 0) is 75.9 Å². The van der Waals surface area contributed by atoms with Gasteiger partial charge in [0.15, 0.2) is 0 Å². The molecule has 0 radical (unpaired) electrons. The highest BCUT2D eigenvalue weighted by atomic mass is 15.1. The van der Waals surface area contributed by atoms with E-state index in [4.69, 9.17) is 0 Å². The summed E-state index contributed by atoms with van der Waals surface area (Å²) in [4.78, 5) is 2.67. The Bertz CT molecular complexity index is 260. The lowest BCUT2D eigenvalue weighted by molar-refractivity contribution is 0.0739. The van der Waals surface area contributed by atoms with Gasteiger partial charge in [-0.2, -0.15) is 0 Å². The first kappa shape index (κ1) is 15.3. The molecule has 1 heterocycles. The monoisotopic (exact) mass is 266 g/mol. The molecule has 2 nitrogen and oxygen atoms in total. The third-order valence-corrected chi connectivity index (χ3v) is 5.67. The zero-order chi connectivity index (χ0) is 13.9. The van der Waals surface area contributed by atoms with E-state index in [1.165, 1.54) is 58.2 Å². The molecule has 1 unspecified atom stereocenters. The van der Waals surface area contributed by atoms with E-state index < -0.39 is 0 Å². The Kier molecular flexibility index (Phi) is 5.30. The summed E-state index contributed by atoms with van der Waals surface area (Å²) < 4.78 is 0. The molecule has 0 aromatic carbocycles. The highest BCUT2D eigenvalue weighted by molar-refractivity contribution is 4.87. The summed E-state index contributed by atoms with van der Waals surface area (Å²) >= 11 is 0. The molecular weight excluding hydrogens is 232 g/mol. The largest absolute Gasteiger partial charge is 0.316 e. The second-order valence-corrected chi connectivity index (χ2v) is 7.86. The van der Waals surface area contributed by atoms with Gasteiger partial charge in [0, 0.05) is 12.6 Å². The third-order valence-electron chi connectivity index (χ3n) is 5.67. The van der Waals surface area contributed by atoms with Crippen LogP contribution in [0.5, 0.6) is 0 Å². The summed E-state index contributed by atoms with van der Waals surface area (Å²) in [5.41, 5.74) is 0.450. The molecule has 1 N–H and O–H groups in total. The number of hydrogen-bond donors (Lipinski definition) is 1. The van der Waals surface area contributed by atoms with Crippen molar-refractivity contribution >= 4 is 0 Å². The molecule has 2 aliphatic rings. The fourth-order valence-corrected chi connectivity index (χ4v) is 4.10. The van der Waals surface area contributed by atoms with Crippen LogP contribution in [-0.4, -0.2) is 37.6 Å². The number of hydrogen-bond acceptors (Lipinski definition) is 2. The van der Waals surface area contributed by atoms with Crippen molar-refractivity contribution in [2.45, 2.75) is 65.3 Å². The number of rotatable bonds is 4. The van der Waals surface area contributed by atoms with Crippen molar-refractivity contribution in [3.63, 3.8) is 0 Å². The Morgan fingerprint density at radius 3 is 2.37 bits per heavy atom. The molecular formula is C17H34N2. The van der Waals surface area contributed by atoms with Crippen molar-refractivity contribution in [2.75, 3.05) is 26.7 Å². The number of piperidine rings is 1. The Morgan fingerprint density at radius 1 is 1.11 bits per heavy atom. The average Bonchev–Trinajstić information content (AvgIpc) is 2.40. The van der Waals surface area contributed by atoms with E-state index in [9.17, 15) is 0 Å². The van der Waals surface area contributed by atoms with Gasteiger partial charge in [-0.1, -0.05) is 20.8 Å². The van der Waals surface area contributed by atoms with Gasteiger partial charge in [0.05, 0.1) is 0 Å². The molecule has 0 aromatic rings. The minimum atomic E-state index is 0.450. The van der Waals surface area contributed by atoms with Gasteiger partial charge in [0.25, 0.3) is 0 Å². The van der Waals surface area contributed by atoms with Crippen LogP contribution in [-0.2, 0) is 0 Å². The lowest BCUT2D eigenvalue weighted by Crippen LogP contribution is -2.47. The molecule has 1 saturated heterocycles. The first-order valence-corrected chi connectivity index (χ1v) is 8.40. The maximum atomic E-state index is 3.58. The molecule has 1 saturated carbocycles. The van der Waals surface area contributed by atoms with Crippen LogP contribution in [0.15, 0.2) is 0 Å². The van der Waals surface area contributed by atoms with Gasteiger partial charge >= 0.3 is 0 Å². The van der Waals surface area contributed by atoms with Gasteiger partial charge in [0.2, 0.25) is 0 Å². The molecule has 2 heteroatoms. The van der Waals surface area contributed by atoms with Crippen LogP contribution in [0.25, 0.3) is 0 Å². The lowest BCUT2D eigenvalue weighted by Gasteiger charge is -2.43. The summed E-state index contributed by atoms with van der Waals surface area (Å²) in [6.45, 7) is 11.1. The summed E-state index contributed by atoms with van der Waals surface area (Å²) in [6, 6.07) is 0.840. The summed E-state index contributed by atoms with van der Waals surface area (Å²) in [6.07, 6.45) is 8.46. The second-order valence-electron chi connectivity index (χ2n) is 7.86. The zero-order valence-electron chi connectivity index (χ0n) is 13.5. The third kappa shape index (κ3) is 4.19. The number of nitrogens with zero attached hydrogens (tertiary/aromatic N) is 1. The molecule has 1 atom stereocenters. The smallest absolute Gasteiger partial charge is 0.00926 e. The predicted molar refractivity (Wildman–Crippen MR) is 83.4 cm³/mol. The molecule has 112 valence electrons. The van der Waals surface area contributed by atoms with Crippen molar-refractivity contribution in [2.24, 2.45) is 17.3 Å². The molecule has 1 aliphatic carbocycles. The van der Waals surface area contributed by atoms with Gasteiger partial charge in [-0.25, -0.2) is 0 Å². The predicted octanol–water partition coefficient (Wildman–Crippen LogP) is 3.52. The highest BCUT2D eigenvalue weighted by Crippen LogP contribution is 2.34. The minimum Gasteiger partial charge on any atom is -0.316 e. The Labute approximate surface area is 120 Å². The van der Waals surface area contributed by atoms with Crippen molar-refractivity contribution in [1.29, 1.82) is 0 Å². The summed E-state index contributed by atoms with van der Waals surface area (Å²) in [5.74, 6) is 1.81. The second kappa shape index (κ2) is 6.58. The van der Waals surface area contributed by atoms with Crippen LogP contribution in [0.2, 0.25) is 0 Å². The van der Waals surface area contributed by atoms with Gasteiger partial charge in [-0.3, -0.25) is 0 Å². The maximum Gasteiger partial charge on any atom is 0.00926 e. The van der Waals surface area contributed by atoms with Crippen molar-refractivity contribution < 1.29 is 0 Å². The van der Waals surface area contributed by atoms with Crippen LogP contribution in [0.1, 0.15) is 59.3 Å². The quantitative estimate of drug-likeness (QED) is 0.837. The Morgan fingerprint density at radius 2 is 1.79 bits per heavy atom. The minimum absolute atomic E-state index is 0.450. The Balaban J connectivity index is 1.84. The van der Waals surface area contributed by atoms with E-state index in [1.807, 2.05) is 0 Å². The first-order valence-electron chi connectivity index (χ1n) is 8.40. The molecule has 0 aromatic heterocycles. The first-order chi connectivity index (χ1) is 8.99. The fourth-order valence-electron chi connectivity index (χ4n) is 4.10. The SMILES string of the molecule is CC1CCC(N(C)CC(C)(C)C2CCCNC2)CC1. The van der Waals surface area contributed by atoms with E-state index in [0.29, 0.717) is 5.41 Å². The van der Waals surface area contributed by atoms with Crippen LogP contribution in [0.3, 0.4) is 0 Å². The molecule has 2 fully saturated rings. The fraction of sp³-hybridized carbons (Fsp3) is 1.00. The van der Waals surface area contributed by atoms with Crippen LogP contribution >= 0.6 is 0 Å². The number of nitrogens with one attached hydrogen (secondary N) is 1. The van der Waals surface area contributed by atoms with Gasteiger partial charge in [0.1, 0.15) is 0 Å². The van der Waals surface area contributed by atoms with Crippen LogP contribution in [0, 0.1) is 17.3 Å². The van der Waals surface area contributed by atoms with Crippen molar-refractivity contribution in [3.8, 4) is 0 Å². The summed E-state index contributed by atoms with van der Waals surface area (Å²) in [5, 5.41) is 3.58. The van der Waals surface area contributed by atoms with E-state index in [0.717, 1.165) is 17.9 Å². The van der Waals surface area contributed by atoms with E-state index in [-0.39, 0.29) is 0 Å². The van der Waals surface area contributed by atoms with E-state index in [2.05, 4.69) is 38.0 Å². The van der Waals surface area contributed by atoms with E-state index in [1.54, 1.807) is 0 Å². The molecule has 19 heavy (non-hydrogen) atoms. The molecule has 2 rings (SSSR count). The van der Waals surface area contributed by atoms with E-state index >= 15 is 0 Å². The average molecular weight is 266 g/mol. The normalized spacial score (nSPS) is 33.6. The molecule has 0 bridgehead atoms. The van der Waals surface area contributed by atoms with Gasteiger partial charge in [-0.15, -0.1) is 0 Å².